The van der Waals surface area contributed by atoms with Crippen molar-refractivity contribution in [3.63, 3.8) is 0 Å². The molecule has 1 aromatic carbocycles. The number of rotatable bonds is 4. The zero-order valence-corrected chi connectivity index (χ0v) is 10.7. The van der Waals surface area contributed by atoms with Crippen molar-refractivity contribution in [1.29, 1.82) is 0 Å². The van der Waals surface area contributed by atoms with E-state index in [9.17, 15) is 0 Å². The summed E-state index contributed by atoms with van der Waals surface area (Å²) < 4.78 is 0.966. The van der Waals surface area contributed by atoms with Crippen LogP contribution in [0.5, 0.6) is 0 Å². The zero-order chi connectivity index (χ0) is 9.73. The Balaban J connectivity index is -0.000000563. The Morgan fingerprint density at radius 2 is 1.86 bits per heavy atom. The summed E-state index contributed by atoms with van der Waals surface area (Å²) in [5, 5.41) is 0. The van der Waals surface area contributed by atoms with E-state index >= 15 is 0 Å². The average molecular weight is 203 g/mol. The third-order valence-corrected chi connectivity index (χ3v) is 2.08. The molecule has 0 N–H and O–H groups in total. The molecule has 0 radical (unpaired) electrons. The standard InChI is InChI=1S/C12H18N.Mg.2H/c1-4-10-13(2,3)11-12-8-6-5-7-9-12;;;/h4-9H,1,10-11H2,2-3H3;;;/q+1;+2;2*-1. The normalized spacial score (nSPS) is 10.4. The molecule has 0 bridgehead atoms. The molecule has 0 unspecified atom stereocenters. The Labute approximate surface area is 106 Å². The van der Waals surface area contributed by atoms with Crippen LogP contribution in [0.1, 0.15) is 8.42 Å². The van der Waals surface area contributed by atoms with Crippen molar-refractivity contribution in [1.82, 2.24) is 0 Å². The average Bonchev–Trinajstić information content (AvgIpc) is 2.04. The van der Waals surface area contributed by atoms with Crippen LogP contribution < -0.4 is 0 Å². The van der Waals surface area contributed by atoms with Gasteiger partial charge in [0.25, 0.3) is 0 Å². The molecule has 0 saturated heterocycles. The van der Waals surface area contributed by atoms with Crippen LogP contribution in [0, 0.1) is 0 Å². The Kier molecular flexibility index (Phi) is 6.08. The Bertz CT molecular complexity index is 276. The van der Waals surface area contributed by atoms with Crippen molar-refractivity contribution in [2.75, 3.05) is 20.6 Å². The molecule has 0 aliphatic carbocycles. The van der Waals surface area contributed by atoms with Crippen molar-refractivity contribution in [2.24, 2.45) is 0 Å². The predicted molar refractivity (Wildman–Crippen MR) is 65.3 cm³/mol. The van der Waals surface area contributed by atoms with E-state index in [4.69, 9.17) is 0 Å². The van der Waals surface area contributed by atoms with E-state index in [1.165, 1.54) is 5.56 Å². The fraction of sp³-hybridized carbons (Fsp3) is 0.333. The maximum atomic E-state index is 3.77. The molecule has 0 heterocycles. The van der Waals surface area contributed by atoms with Crippen LogP contribution in [0.4, 0.5) is 0 Å². The Morgan fingerprint density at radius 3 is 2.36 bits per heavy atom. The van der Waals surface area contributed by atoms with Gasteiger partial charge in [0.15, 0.2) is 0 Å². The quantitative estimate of drug-likeness (QED) is 0.399. The molecule has 0 amide bonds. The summed E-state index contributed by atoms with van der Waals surface area (Å²) >= 11 is 0. The minimum absolute atomic E-state index is 0. The van der Waals surface area contributed by atoms with Gasteiger partial charge < -0.3 is 7.34 Å². The summed E-state index contributed by atoms with van der Waals surface area (Å²) in [4.78, 5) is 0. The van der Waals surface area contributed by atoms with Gasteiger partial charge in [-0.25, -0.2) is 0 Å². The topological polar surface area (TPSA) is 0 Å². The van der Waals surface area contributed by atoms with Crippen molar-refractivity contribution in [3.8, 4) is 0 Å². The van der Waals surface area contributed by atoms with E-state index < -0.39 is 0 Å². The minimum Gasteiger partial charge on any atom is -1.00 e. The number of nitrogens with zero attached hydrogens (tertiary/aromatic N) is 1. The molecule has 1 nitrogen and oxygen atoms in total. The van der Waals surface area contributed by atoms with Gasteiger partial charge in [0.2, 0.25) is 0 Å². The van der Waals surface area contributed by atoms with Crippen LogP contribution in [0.15, 0.2) is 43.0 Å². The second-order valence-electron chi connectivity index (χ2n) is 4.05. The van der Waals surface area contributed by atoms with Gasteiger partial charge in [-0.3, -0.25) is 0 Å². The minimum atomic E-state index is 0. The molecule has 0 aliphatic rings. The van der Waals surface area contributed by atoms with Gasteiger partial charge in [0.1, 0.15) is 6.54 Å². The first-order valence-corrected chi connectivity index (χ1v) is 4.61. The summed E-state index contributed by atoms with van der Waals surface area (Å²) in [5.41, 5.74) is 1.38. The summed E-state index contributed by atoms with van der Waals surface area (Å²) in [5.74, 6) is 0. The van der Waals surface area contributed by atoms with Crippen LogP contribution >= 0.6 is 0 Å². The SMILES string of the molecule is C=CC[N+](C)(C)Cc1ccccc1.[H-].[H-].[Mg+2]. The molecule has 2 heteroatoms. The molecule has 0 aromatic heterocycles. The molecule has 74 valence electrons. The Morgan fingerprint density at radius 1 is 1.29 bits per heavy atom. The Hall–Kier alpha value is -0.314. The van der Waals surface area contributed by atoms with Gasteiger partial charge in [0, 0.05) is 5.56 Å². The van der Waals surface area contributed by atoms with Gasteiger partial charge in [-0.1, -0.05) is 36.9 Å². The predicted octanol–water partition coefficient (Wildman–Crippen LogP) is 2.29. The van der Waals surface area contributed by atoms with Crippen LogP contribution in [0.25, 0.3) is 0 Å². The molecule has 0 spiro atoms. The van der Waals surface area contributed by atoms with E-state index in [0.29, 0.717) is 0 Å². The number of likely N-dealkylation sites (N-methyl/N-ethyl adjacent to an activating group) is 1. The maximum Gasteiger partial charge on any atom is 2.00 e. The van der Waals surface area contributed by atoms with Crippen molar-refractivity contribution >= 4 is 23.1 Å². The monoisotopic (exact) mass is 202 g/mol. The first-order valence-electron chi connectivity index (χ1n) is 4.61. The number of hydrogen-bond acceptors (Lipinski definition) is 0. The van der Waals surface area contributed by atoms with E-state index in [1.54, 1.807) is 0 Å². The van der Waals surface area contributed by atoms with Gasteiger partial charge >= 0.3 is 23.1 Å². The zero-order valence-electron chi connectivity index (χ0n) is 11.2. The molecular formula is C12H20MgN+. The van der Waals surface area contributed by atoms with Gasteiger partial charge in [-0.2, -0.15) is 0 Å². The largest absolute Gasteiger partial charge is 2.00 e. The fourth-order valence-electron chi connectivity index (χ4n) is 1.49. The van der Waals surface area contributed by atoms with Crippen LogP contribution in [-0.2, 0) is 6.54 Å². The fourth-order valence-corrected chi connectivity index (χ4v) is 1.49. The van der Waals surface area contributed by atoms with Crippen LogP contribution in [0.3, 0.4) is 0 Å². The molecule has 0 saturated carbocycles. The van der Waals surface area contributed by atoms with Gasteiger partial charge in [0.05, 0.1) is 20.6 Å². The molecule has 0 aliphatic heterocycles. The third-order valence-electron chi connectivity index (χ3n) is 2.08. The second kappa shape index (κ2) is 6.22. The summed E-state index contributed by atoms with van der Waals surface area (Å²) in [6, 6.07) is 10.6. The van der Waals surface area contributed by atoms with Gasteiger partial charge in [-0.15, -0.1) is 0 Å². The van der Waals surface area contributed by atoms with Gasteiger partial charge in [-0.05, 0) is 6.08 Å². The summed E-state index contributed by atoms with van der Waals surface area (Å²) in [6.45, 7) is 5.84. The van der Waals surface area contributed by atoms with E-state index in [0.717, 1.165) is 17.6 Å². The number of quaternary nitrogens is 1. The molecule has 0 atom stereocenters. The molecule has 0 fully saturated rings. The van der Waals surface area contributed by atoms with Crippen LogP contribution in [0.2, 0.25) is 0 Å². The van der Waals surface area contributed by atoms with E-state index in [1.807, 2.05) is 6.08 Å². The first kappa shape index (κ1) is 13.7. The number of benzene rings is 1. The molecular weight excluding hydrogens is 182 g/mol. The smallest absolute Gasteiger partial charge is 1.00 e. The maximum absolute atomic E-state index is 3.77. The number of hydrogen-bond donors (Lipinski definition) is 0. The van der Waals surface area contributed by atoms with Crippen molar-refractivity contribution < 1.29 is 7.34 Å². The molecule has 1 rings (SSSR count). The van der Waals surface area contributed by atoms with Crippen molar-refractivity contribution in [2.45, 2.75) is 6.54 Å². The van der Waals surface area contributed by atoms with Crippen LogP contribution in [-0.4, -0.2) is 48.2 Å². The summed E-state index contributed by atoms with van der Waals surface area (Å²) in [7, 11) is 4.43. The van der Waals surface area contributed by atoms with E-state index in [2.05, 4.69) is 51.0 Å². The summed E-state index contributed by atoms with van der Waals surface area (Å²) in [6.07, 6.45) is 1.98. The first-order chi connectivity index (χ1) is 6.14. The second-order valence-corrected chi connectivity index (χ2v) is 4.05. The third kappa shape index (κ3) is 4.79. The van der Waals surface area contributed by atoms with Crippen molar-refractivity contribution in [3.05, 3.63) is 48.6 Å². The molecule has 14 heavy (non-hydrogen) atoms. The molecule has 1 aromatic rings. The van der Waals surface area contributed by atoms with E-state index in [-0.39, 0.29) is 25.9 Å².